The number of carbonyl (C=O) groups excluding carboxylic acids is 7. The monoisotopic (exact) mass is 1140 g/mol. The summed E-state index contributed by atoms with van der Waals surface area (Å²) in [6.07, 6.45) is -9.94. The van der Waals surface area contributed by atoms with Crippen molar-refractivity contribution in [3.8, 4) is 0 Å². The van der Waals surface area contributed by atoms with Crippen LogP contribution in [0.2, 0.25) is 0 Å². The quantitative estimate of drug-likeness (QED) is 0.142. The molecule has 25 atom stereocenters. The molecule has 0 amide bonds. The first-order valence-electron chi connectivity index (χ1n) is 28.8. The summed E-state index contributed by atoms with van der Waals surface area (Å²) < 4.78 is 91.0. The van der Waals surface area contributed by atoms with E-state index < -0.39 is 147 Å². The molecule has 0 bridgehead atoms. The largest absolute Gasteiger partial charge is 0.457 e. The van der Waals surface area contributed by atoms with Crippen LogP contribution < -0.4 is 0 Å². The predicted octanol–water partition coefficient (Wildman–Crippen LogP) is 4.54. The van der Waals surface area contributed by atoms with Crippen LogP contribution in [0.4, 0.5) is 0 Å². The highest BCUT2D eigenvalue weighted by molar-refractivity contribution is 5.69. The van der Waals surface area contributed by atoms with Crippen molar-refractivity contribution in [1.29, 1.82) is 0 Å². The van der Waals surface area contributed by atoms with E-state index in [9.17, 15) is 38.7 Å². The van der Waals surface area contributed by atoms with Crippen molar-refractivity contribution in [3.05, 3.63) is 0 Å². The van der Waals surface area contributed by atoms with Gasteiger partial charge in [-0.2, -0.15) is 0 Å². The van der Waals surface area contributed by atoms with Crippen molar-refractivity contribution in [2.75, 3.05) is 26.4 Å². The summed E-state index contributed by atoms with van der Waals surface area (Å²) in [5.74, 6) is -2.81. The average molecular weight is 1140 g/mol. The number of aliphatic hydroxyl groups excluding tert-OH is 1. The Morgan fingerprint density at radius 1 is 0.537 bits per heavy atom. The minimum atomic E-state index is -1.72. The second-order valence-corrected chi connectivity index (χ2v) is 24.7. The molecule has 0 aromatic rings. The fraction of sp³-hybridized carbons (Fsp3) is 0.877. The number of aliphatic hydroxyl groups is 1. The molecule has 0 radical (unpaired) electrons. The van der Waals surface area contributed by atoms with Crippen LogP contribution >= 0.6 is 0 Å². The molecule has 450 valence electrons. The number of hydrogen-bond acceptors (Lipinski definition) is 23. The van der Waals surface area contributed by atoms with Gasteiger partial charge in [-0.3, -0.25) is 33.6 Å². The molecule has 4 saturated carbocycles. The van der Waals surface area contributed by atoms with Gasteiger partial charge in [-0.1, -0.05) is 27.7 Å². The first kappa shape index (κ1) is 60.5. The molecule has 9 rings (SSSR count). The van der Waals surface area contributed by atoms with Gasteiger partial charge < -0.3 is 76.2 Å². The van der Waals surface area contributed by atoms with Crippen LogP contribution in [-0.2, 0) is 105 Å². The molecular formula is C57H84O23. The van der Waals surface area contributed by atoms with E-state index in [1.54, 1.807) is 0 Å². The maximum absolute atomic E-state index is 13.1. The van der Waals surface area contributed by atoms with E-state index in [0.29, 0.717) is 54.3 Å². The first-order chi connectivity index (χ1) is 37.8. The van der Waals surface area contributed by atoms with E-state index in [1.165, 1.54) is 0 Å². The summed E-state index contributed by atoms with van der Waals surface area (Å²) in [6, 6.07) is 0. The lowest BCUT2D eigenvalue weighted by Crippen LogP contribution is -2.66. The topological polar surface area (TPSA) is 278 Å². The maximum atomic E-state index is 13.1. The number of esters is 7. The minimum absolute atomic E-state index is 0.0353. The molecule has 4 aliphatic carbocycles. The van der Waals surface area contributed by atoms with E-state index in [1.807, 2.05) is 0 Å². The molecule has 23 nitrogen and oxygen atoms in total. The molecule has 5 aliphatic heterocycles. The van der Waals surface area contributed by atoms with E-state index in [2.05, 4.69) is 27.7 Å². The zero-order valence-corrected chi connectivity index (χ0v) is 48.0. The molecule has 23 heteroatoms. The Morgan fingerprint density at radius 2 is 1.09 bits per heavy atom. The third-order valence-corrected chi connectivity index (χ3v) is 19.5. The fourth-order valence-corrected chi connectivity index (χ4v) is 16.2. The molecule has 0 aromatic heterocycles. The van der Waals surface area contributed by atoms with Crippen LogP contribution in [0.3, 0.4) is 0 Å². The average Bonchev–Trinajstić information content (AvgIpc) is 4.06. The second kappa shape index (κ2) is 24.3. The van der Waals surface area contributed by atoms with Crippen molar-refractivity contribution in [1.82, 2.24) is 0 Å². The third-order valence-electron chi connectivity index (χ3n) is 19.5. The van der Waals surface area contributed by atoms with Gasteiger partial charge in [-0.15, -0.1) is 0 Å². The lowest BCUT2D eigenvalue weighted by molar-refractivity contribution is -0.362. The normalized spacial score (nSPS) is 45.8. The highest BCUT2D eigenvalue weighted by atomic mass is 16.8. The van der Waals surface area contributed by atoms with Crippen molar-refractivity contribution in [2.45, 2.75) is 238 Å². The fourth-order valence-electron chi connectivity index (χ4n) is 16.2. The Kier molecular flexibility index (Phi) is 18.4. The van der Waals surface area contributed by atoms with Crippen LogP contribution in [0.15, 0.2) is 0 Å². The Hall–Kier alpha value is -4.07. The van der Waals surface area contributed by atoms with Crippen molar-refractivity contribution >= 4 is 41.8 Å². The van der Waals surface area contributed by atoms with Gasteiger partial charge >= 0.3 is 41.8 Å². The summed E-state index contributed by atoms with van der Waals surface area (Å²) in [4.78, 5) is 87.7. The second-order valence-electron chi connectivity index (χ2n) is 24.7. The molecule has 80 heavy (non-hydrogen) atoms. The number of fused-ring (bicyclic) bond motifs is 7. The van der Waals surface area contributed by atoms with Gasteiger partial charge in [-0.05, 0) is 104 Å². The molecule has 5 saturated heterocycles. The van der Waals surface area contributed by atoms with Crippen LogP contribution in [0.1, 0.15) is 140 Å². The number of rotatable bonds is 14. The van der Waals surface area contributed by atoms with E-state index >= 15 is 0 Å². The molecule has 9 fully saturated rings. The van der Waals surface area contributed by atoms with Crippen molar-refractivity contribution in [3.63, 3.8) is 0 Å². The Bertz CT molecular complexity index is 2290. The predicted molar refractivity (Wildman–Crippen MR) is 270 cm³/mol. The summed E-state index contributed by atoms with van der Waals surface area (Å²) in [5, 5.41) is 12.4. The lowest BCUT2D eigenvalue weighted by Gasteiger charge is -2.61. The standard InChI is InChI=1S/C57H84O23/c1-26-14-19-57(69-22-26)27(2)44-40(80-57)21-39-37-13-12-35-20-36(15-17-55(35,10)38(37)16-18-56(39,44)11)77-52-45(65)49(74-32(7)62)46(79-54-51(76-34(9)64)48(73-31(6)61)42(24-68-54)71-29(4)59)43(78-52)25-67-53-50(75-33(8)63)47(72-30(5)60)41(23-66-53)70-28(3)58/h26-27,35-54,65H,12-25H2,1-11H3/t26-,27-,35+,36-,37+,38-,39-,40-,41-,42-,43+,44-,45+,46+,47-,48-,49+,50+,51+,52-,53-,54-,55-,56-,57+/m0/s1. The molecular weight excluding hydrogens is 1050 g/mol. The van der Waals surface area contributed by atoms with Gasteiger partial charge in [0.1, 0.15) is 18.3 Å². The highest BCUT2D eigenvalue weighted by Crippen LogP contribution is 2.71. The number of ether oxygens (including phenoxy) is 15. The van der Waals surface area contributed by atoms with Crippen LogP contribution in [-0.4, -0.2) is 171 Å². The minimum Gasteiger partial charge on any atom is -0.457 e. The highest BCUT2D eigenvalue weighted by Gasteiger charge is 2.69. The molecule has 9 aliphatic rings. The van der Waals surface area contributed by atoms with Crippen LogP contribution in [0.5, 0.6) is 0 Å². The van der Waals surface area contributed by atoms with Gasteiger partial charge in [0.2, 0.25) is 0 Å². The Balaban J connectivity index is 0.958. The van der Waals surface area contributed by atoms with Gasteiger partial charge in [0.25, 0.3) is 0 Å². The lowest BCUT2D eigenvalue weighted by atomic mass is 9.44. The first-order valence-corrected chi connectivity index (χ1v) is 28.8. The number of carbonyl (C=O) groups is 7. The van der Waals surface area contributed by atoms with Gasteiger partial charge in [0, 0.05) is 60.8 Å². The SMILES string of the molecule is CC(=O)O[C@@H]1[C@@H](O)[C@@H](O[C@H]2CC[C@@]3(C)[C@H](CC[C@@H]4[C@@H]3CC[C@]3(C)[C@@H]5[C@H](C[C@@H]43)O[C@]3(CC[C@H](C)CO3)[C@H]5C)C2)O[C@H](CO[C@@H]2OC[C@H](OC(C)=O)[C@H](OC(C)=O)[C@H]2OC(C)=O)[C@H]1O[C@@H]1OC[C@H](OC(C)=O)[C@H](OC(C)=O)[C@H]1OC(C)=O. The molecule has 1 N–H and O–H groups in total. The van der Waals surface area contributed by atoms with Gasteiger partial charge in [-0.25, -0.2) is 0 Å². The van der Waals surface area contributed by atoms with Crippen molar-refractivity contribution < 1.29 is 110 Å². The molecule has 5 heterocycles. The summed E-state index contributed by atoms with van der Waals surface area (Å²) in [6.45, 7) is 16.8. The summed E-state index contributed by atoms with van der Waals surface area (Å²) in [5.41, 5.74) is 0.203. The zero-order chi connectivity index (χ0) is 57.7. The molecule has 0 aromatic carbocycles. The molecule has 1 spiro atoms. The molecule has 0 unspecified atom stereocenters. The van der Waals surface area contributed by atoms with Gasteiger partial charge in [0.05, 0.1) is 38.6 Å². The van der Waals surface area contributed by atoms with E-state index in [0.717, 1.165) is 106 Å². The Labute approximate surface area is 467 Å². The van der Waals surface area contributed by atoms with Crippen molar-refractivity contribution in [2.24, 2.45) is 52.3 Å². The number of hydrogen-bond donors (Lipinski definition) is 1. The van der Waals surface area contributed by atoms with Crippen LogP contribution in [0.25, 0.3) is 0 Å². The van der Waals surface area contributed by atoms with E-state index in [-0.39, 0.29) is 23.5 Å². The summed E-state index contributed by atoms with van der Waals surface area (Å²) in [7, 11) is 0. The smallest absolute Gasteiger partial charge is 0.303 e. The zero-order valence-electron chi connectivity index (χ0n) is 48.0. The van der Waals surface area contributed by atoms with Crippen LogP contribution in [0, 0.1) is 52.3 Å². The Morgan fingerprint density at radius 3 is 1.66 bits per heavy atom. The van der Waals surface area contributed by atoms with Gasteiger partial charge in [0.15, 0.2) is 67.4 Å². The summed E-state index contributed by atoms with van der Waals surface area (Å²) >= 11 is 0. The third kappa shape index (κ3) is 12.3. The maximum Gasteiger partial charge on any atom is 0.303 e. The van der Waals surface area contributed by atoms with E-state index in [4.69, 9.17) is 71.1 Å².